The molecule has 13 heteroatoms. The largest absolute Gasteiger partial charge is 0.497 e. The van der Waals surface area contributed by atoms with Crippen molar-refractivity contribution in [2.45, 2.75) is 109 Å². The van der Waals surface area contributed by atoms with Gasteiger partial charge in [0.15, 0.2) is 0 Å². The Morgan fingerprint density at radius 2 is 1.54 bits per heavy atom. The van der Waals surface area contributed by atoms with Crippen LogP contribution in [0.5, 0.6) is 11.5 Å². The Kier molecular flexibility index (Phi) is 17.1. The Morgan fingerprint density at radius 1 is 0.932 bits per heavy atom. The first-order valence-electron chi connectivity index (χ1n) is 20.5. The van der Waals surface area contributed by atoms with Crippen LogP contribution >= 0.6 is 8.53 Å². The van der Waals surface area contributed by atoms with Crippen LogP contribution in [0.2, 0.25) is 0 Å². The summed E-state index contributed by atoms with van der Waals surface area (Å²) in [7, 11) is 1.57. The molecule has 0 bridgehead atoms. The number of nitrogens with zero attached hydrogens (tertiary/aromatic N) is 3. The van der Waals surface area contributed by atoms with Crippen LogP contribution in [0.25, 0.3) is 6.08 Å². The maximum atomic E-state index is 13.5. The minimum atomic E-state index is -1.69. The summed E-state index contributed by atoms with van der Waals surface area (Å²) in [5, 5.41) is 9.38. The fraction of sp³-hybridized carbons (Fsp3) is 0.457. The Hall–Kier alpha value is -4.60. The summed E-state index contributed by atoms with van der Waals surface area (Å²) in [6.45, 7) is 10.7. The SMILES string of the molecule is CCCCC/C=C/c1cn([C@H]2C[C@H](OP(OCCC#N)N(C(C)C)C(C)C)[C@@H](COC(c3ccccc3)(c3ccc(OC)cc3)c3ccc(OC)cc3)O2)c(=O)[nH]c1=O. The number of aromatic amines is 1. The highest BCUT2D eigenvalue weighted by Crippen LogP contribution is 2.50. The number of aromatic nitrogens is 2. The molecule has 1 aliphatic rings. The van der Waals surface area contributed by atoms with Crippen molar-refractivity contribution in [2.24, 2.45) is 0 Å². The zero-order valence-electron chi connectivity index (χ0n) is 35.3. The second-order valence-electron chi connectivity index (χ2n) is 15.0. The first-order valence-corrected chi connectivity index (χ1v) is 21.6. The van der Waals surface area contributed by atoms with Gasteiger partial charge in [0.05, 0.1) is 51.6 Å². The van der Waals surface area contributed by atoms with E-state index in [0.717, 1.165) is 42.4 Å². The average Bonchev–Trinajstić information content (AvgIpc) is 3.64. The molecule has 3 aromatic carbocycles. The van der Waals surface area contributed by atoms with Crippen molar-refractivity contribution in [3.05, 3.63) is 134 Å². The van der Waals surface area contributed by atoms with E-state index >= 15 is 0 Å². The first kappa shape index (κ1) is 45.5. The molecule has 4 aromatic rings. The van der Waals surface area contributed by atoms with Crippen LogP contribution in [0, 0.1) is 11.3 Å². The summed E-state index contributed by atoms with van der Waals surface area (Å²) in [6, 6.07) is 27.9. The van der Waals surface area contributed by atoms with E-state index in [2.05, 4.69) is 50.3 Å². The highest BCUT2D eigenvalue weighted by molar-refractivity contribution is 7.44. The molecule has 0 amide bonds. The third-order valence-corrected chi connectivity index (χ3v) is 12.4. The molecule has 1 fully saturated rings. The Bertz CT molecular complexity index is 2020. The monoisotopic (exact) mass is 826 g/mol. The van der Waals surface area contributed by atoms with Gasteiger partial charge in [-0.3, -0.25) is 14.3 Å². The van der Waals surface area contributed by atoms with Gasteiger partial charge < -0.3 is 28.0 Å². The maximum absolute atomic E-state index is 13.5. The van der Waals surface area contributed by atoms with Crippen LogP contribution < -0.4 is 20.7 Å². The van der Waals surface area contributed by atoms with E-state index in [-0.39, 0.29) is 38.1 Å². The smallest absolute Gasteiger partial charge is 0.330 e. The van der Waals surface area contributed by atoms with E-state index in [1.54, 1.807) is 26.5 Å². The molecule has 1 aromatic heterocycles. The number of nitrogens with one attached hydrogen (secondary N) is 1. The van der Waals surface area contributed by atoms with Crippen molar-refractivity contribution in [1.29, 1.82) is 5.26 Å². The number of rotatable bonds is 22. The van der Waals surface area contributed by atoms with Gasteiger partial charge in [-0.05, 0) is 81.5 Å². The lowest BCUT2D eigenvalue weighted by Crippen LogP contribution is -2.39. The van der Waals surface area contributed by atoms with Crippen molar-refractivity contribution >= 4 is 14.6 Å². The zero-order valence-corrected chi connectivity index (χ0v) is 36.2. The third-order valence-electron chi connectivity index (χ3n) is 10.3. The first-order chi connectivity index (χ1) is 28.6. The number of nitriles is 1. The molecule has 4 atom stereocenters. The number of benzene rings is 3. The van der Waals surface area contributed by atoms with Crippen molar-refractivity contribution in [1.82, 2.24) is 14.2 Å². The van der Waals surface area contributed by atoms with Gasteiger partial charge in [0.2, 0.25) is 0 Å². The molecular formula is C46H59N4O8P. The van der Waals surface area contributed by atoms with Gasteiger partial charge in [0, 0.05) is 24.7 Å². The Labute approximate surface area is 349 Å². The van der Waals surface area contributed by atoms with E-state index in [4.69, 9.17) is 28.0 Å². The van der Waals surface area contributed by atoms with Crippen molar-refractivity contribution in [2.75, 3.05) is 27.4 Å². The zero-order chi connectivity index (χ0) is 42.4. The minimum absolute atomic E-state index is 0.0289. The predicted octanol–water partition coefficient (Wildman–Crippen LogP) is 9.10. The van der Waals surface area contributed by atoms with Crippen LogP contribution in [-0.4, -0.2) is 65.9 Å². The van der Waals surface area contributed by atoms with E-state index in [0.29, 0.717) is 17.1 Å². The fourth-order valence-electron chi connectivity index (χ4n) is 7.38. The molecule has 2 heterocycles. The molecule has 1 unspecified atom stereocenters. The van der Waals surface area contributed by atoms with Crippen molar-refractivity contribution in [3.63, 3.8) is 0 Å². The second kappa shape index (κ2) is 22.1. The van der Waals surface area contributed by atoms with Gasteiger partial charge in [0.1, 0.15) is 29.4 Å². The van der Waals surface area contributed by atoms with Crippen LogP contribution in [0.4, 0.5) is 0 Å². The molecule has 5 rings (SSSR count). The highest BCUT2D eigenvalue weighted by Gasteiger charge is 2.45. The molecule has 1 N–H and O–H groups in total. The van der Waals surface area contributed by atoms with Crippen LogP contribution in [0.3, 0.4) is 0 Å². The standard InChI is InChI=1S/C46H59N4O8P/c1-8-9-10-11-13-17-35-31-49(45(52)48-44(35)51)43-30-41(58-59(56-29-16-28-47)50(33(2)3)34(4)5)42(57-43)32-55-46(36-18-14-12-15-19-36,37-20-24-39(53-6)25-21-37)38-22-26-40(54-7)27-23-38/h12-15,17-27,31,33-34,41-43H,8-11,16,29-30,32H2,1-7H3,(H,48,51,52)/b17-13+/t41-,42+,43+,59?/m0/s1. The molecule has 1 saturated heterocycles. The molecule has 12 nitrogen and oxygen atoms in total. The fourth-order valence-corrected chi connectivity index (χ4v) is 9.14. The van der Waals surface area contributed by atoms with E-state index in [1.165, 1.54) is 4.57 Å². The third kappa shape index (κ3) is 11.4. The molecule has 0 aliphatic carbocycles. The molecule has 59 heavy (non-hydrogen) atoms. The van der Waals surface area contributed by atoms with Gasteiger partial charge in [-0.1, -0.05) is 86.5 Å². The van der Waals surface area contributed by atoms with E-state index < -0.39 is 43.8 Å². The number of H-pyrrole nitrogens is 1. The van der Waals surface area contributed by atoms with Gasteiger partial charge in [-0.2, -0.15) is 5.26 Å². The number of ether oxygens (including phenoxy) is 4. The number of hydrogen-bond donors (Lipinski definition) is 1. The molecule has 0 radical (unpaired) electrons. The maximum Gasteiger partial charge on any atom is 0.330 e. The summed E-state index contributed by atoms with van der Waals surface area (Å²) in [5.74, 6) is 1.40. The summed E-state index contributed by atoms with van der Waals surface area (Å²) in [6.07, 6.45) is 7.63. The molecule has 1 aliphatic heterocycles. The number of hydrogen-bond acceptors (Lipinski definition) is 10. The lowest BCUT2D eigenvalue weighted by atomic mass is 9.80. The lowest BCUT2D eigenvalue weighted by Gasteiger charge is -2.39. The topological polar surface area (TPSA) is 137 Å². The normalized spacial score (nSPS) is 17.5. The number of unbranched alkanes of at least 4 members (excludes halogenated alkanes) is 3. The van der Waals surface area contributed by atoms with Crippen LogP contribution in [0.15, 0.2) is 101 Å². The second-order valence-corrected chi connectivity index (χ2v) is 16.4. The van der Waals surface area contributed by atoms with Crippen LogP contribution in [0.1, 0.15) is 102 Å². The Morgan fingerprint density at radius 3 is 2.10 bits per heavy atom. The number of allylic oxidation sites excluding steroid dienone is 1. The van der Waals surface area contributed by atoms with Gasteiger partial charge in [-0.25, -0.2) is 9.46 Å². The van der Waals surface area contributed by atoms with Crippen LogP contribution in [-0.2, 0) is 24.1 Å². The van der Waals surface area contributed by atoms with E-state index in [1.807, 2.05) is 84.9 Å². The Balaban J connectivity index is 1.60. The van der Waals surface area contributed by atoms with Crippen molar-refractivity contribution in [3.8, 4) is 17.6 Å². The summed E-state index contributed by atoms with van der Waals surface area (Å²) >= 11 is 0. The average molecular weight is 827 g/mol. The summed E-state index contributed by atoms with van der Waals surface area (Å²) in [4.78, 5) is 29.0. The van der Waals surface area contributed by atoms with E-state index in [9.17, 15) is 14.9 Å². The quantitative estimate of drug-likeness (QED) is 0.0464. The molecule has 0 spiro atoms. The molecular weight excluding hydrogens is 768 g/mol. The van der Waals surface area contributed by atoms with Gasteiger partial charge >= 0.3 is 5.69 Å². The summed E-state index contributed by atoms with van der Waals surface area (Å²) < 4.78 is 42.1. The highest BCUT2D eigenvalue weighted by atomic mass is 31.2. The molecule has 0 saturated carbocycles. The minimum Gasteiger partial charge on any atom is -0.497 e. The van der Waals surface area contributed by atoms with Gasteiger partial charge in [-0.15, -0.1) is 0 Å². The van der Waals surface area contributed by atoms with Gasteiger partial charge in [0.25, 0.3) is 14.1 Å². The lowest BCUT2D eigenvalue weighted by molar-refractivity contribution is -0.0925. The number of methoxy groups -OCH3 is 2. The van der Waals surface area contributed by atoms with Crippen molar-refractivity contribution < 1.29 is 28.0 Å². The summed E-state index contributed by atoms with van der Waals surface area (Å²) in [5.41, 5.74) is 0.737. The molecule has 316 valence electrons. The predicted molar refractivity (Wildman–Crippen MR) is 231 cm³/mol.